The molecule has 0 aliphatic rings. The number of nitrogens with zero attached hydrogens (tertiary/aromatic N) is 3. The molecule has 1 heterocycles. The second-order valence-electron chi connectivity index (χ2n) is 7.66. The maximum absolute atomic E-state index is 12.9. The fourth-order valence-electron chi connectivity index (χ4n) is 3.15. The van der Waals surface area contributed by atoms with Crippen LogP contribution >= 0.6 is 11.8 Å². The second kappa shape index (κ2) is 10.8. The smallest absolute Gasteiger partial charge is 0.416 e. The van der Waals surface area contributed by atoms with Gasteiger partial charge in [0.1, 0.15) is 5.75 Å². The van der Waals surface area contributed by atoms with Crippen molar-refractivity contribution in [1.29, 1.82) is 0 Å². The highest BCUT2D eigenvalue weighted by Gasteiger charge is 2.30. The van der Waals surface area contributed by atoms with Gasteiger partial charge >= 0.3 is 6.18 Å². The van der Waals surface area contributed by atoms with Crippen molar-refractivity contribution in [3.05, 3.63) is 77.6 Å². The van der Waals surface area contributed by atoms with Gasteiger partial charge in [0.15, 0.2) is 17.1 Å². The van der Waals surface area contributed by atoms with E-state index in [0.717, 1.165) is 35.0 Å². The summed E-state index contributed by atoms with van der Waals surface area (Å²) < 4.78 is 46.5. The van der Waals surface area contributed by atoms with Crippen LogP contribution in [0.15, 0.2) is 60.3 Å². The van der Waals surface area contributed by atoms with E-state index in [4.69, 9.17) is 4.74 Å². The van der Waals surface area contributed by atoms with E-state index in [1.165, 1.54) is 12.1 Å². The Labute approximate surface area is 200 Å². The number of halogens is 3. The SMILES string of the molecule is C=CCn1c(SCC(=O)Nc2cccc(C(F)(F)F)c2)nnc1C(C)Oc1ccc(C)c(C)c1. The van der Waals surface area contributed by atoms with Crippen molar-refractivity contribution in [1.82, 2.24) is 14.8 Å². The number of aryl methyl sites for hydroxylation is 2. The van der Waals surface area contributed by atoms with Crippen LogP contribution in [0.2, 0.25) is 0 Å². The number of rotatable bonds is 9. The minimum atomic E-state index is -4.48. The molecule has 1 amide bonds. The minimum absolute atomic E-state index is 0.0576. The molecule has 34 heavy (non-hydrogen) atoms. The highest BCUT2D eigenvalue weighted by Crippen LogP contribution is 2.31. The molecule has 1 aromatic heterocycles. The van der Waals surface area contributed by atoms with Crippen LogP contribution in [0.5, 0.6) is 5.75 Å². The van der Waals surface area contributed by atoms with E-state index in [2.05, 4.69) is 22.1 Å². The molecule has 0 aliphatic carbocycles. The number of carbonyl (C=O) groups excluding carboxylic acids is 1. The Morgan fingerprint density at radius 1 is 1.21 bits per heavy atom. The monoisotopic (exact) mass is 490 g/mol. The third-order valence-corrected chi connectivity index (χ3v) is 5.98. The summed E-state index contributed by atoms with van der Waals surface area (Å²) in [6, 6.07) is 10.3. The molecule has 180 valence electrons. The number of benzene rings is 2. The van der Waals surface area contributed by atoms with Gasteiger partial charge in [0, 0.05) is 12.2 Å². The van der Waals surface area contributed by atoms with E-state index in [1.807, 2.05) is 39.0 Å². The van der Waals surface area contributed by atoms with E-state index in [1.54, 1.807) is 10.6 Å². The van der Waals surface area contributed by atoms with Crippen molar-refractivity contribution < 1.29 is 22.7 Å². The summed E-state index contributed by atoms with van der Waals surface area (Å²) in [5, 5.41) is 11.4. The number of allylic oxidation sites excluding steroid dienone is 1. The largest absolute Gasteiger partial charge is 0.483 e. The highest BCUT2D eigenvalue weighted by molar-refractivity contribution is 7.99. The Balaban J connectivity index is 1.67. The van der Waals surface area contributed by atoms with E-state index >= 15 is 0 Å². The number of alkyl halides is 3. The molecule has 6 nitrogen and oxygen atoms in total. The zero-order valence-corrected chi connectivity index (χ0v) is 19.8. The second-order valence-corrected chi connectivity index (χ2v) is 8.60. The predicted octanol–water partition coefficient (Wildman–Crippen LogP) is 5.97. The van der Waals surface area contributed by atoms with Crippen LogP contribution in [0, 0.1) is 13.8 Å². The Morgan fingerprint density at radius 3 is 2.65 bits per heavy atom. The maximum atomic E-state index is 12.9. The predicted molar refractivity (Wildman–Crippen MR) is 126 cm³/mol. The maximum Gasteiger partial charge on any atom is 0.416 e. The Morgan fingerprint density at radius 2 is 1.97 bits per heavy atom. The van der Waals surface area contributed by atoms with Crippen molar-refractivity contribution in [3.8, 4) is 5.75 Å². The number of hydrogen-bond donors (Lipinski definition) is 1. The third kappa shape index (κ3) is 6.40. The molecule has 0 bridgehead atoms. The van der Waals surface area contributed by atoms with Gasteiger partial charge in [-0.1, -0.05) is 30.0 Å². The van der Waals surface area contributed by atoms with Gasteiger partial charge in [0.2, 0.25) is 5.91 Å². The molecule has 1 atom stereocenters. The fraction of sp³-hybridized carbons (Fsp3) is 0.292. The third-order valence-electron chi connectivity index (χ3n) is 5.02. The van der Waals surface area contributed by atoms with Gasteiger partial charge in [0.25, 0.3) is 0 Å². The molecule has 1 N–H and O–H groups in total. The van der Waals surface area contributed by atoms with Gasteiger partial charge in [-0.05, 0) is 62.2 Å². The average Bonchev–Trinajstić information content (AvgIpc) is 3.17. The van der Waals surface area contributed by atoms with Crippen LogP contribution < -0.4 is 10.1 Å². The first-order valence-electron chi connectivity index (χ1n) is 10.5. The quantitative estimate of drug-likeness (QED) is 0.296. The summed E-state index contributed by atoms with van der Waals surface area (Å²) in [6.07, 6.45) is -3.21. The number of amides is 1. The number of aromatic nitrogens is 3. The number of anilines is 1. The molecular weight excluding hydrogens is 465 g/mol. The molecule has 0 saturated heterocycles. The van der Waals surface area contributed by atoms with Crippen molar-refractivity contribution >= 4 is 23.4 Å². The first-order chi connectivity index (χ1) is 16.1. The van der Waals surface area contributed by atoms with Crippen LogP contribution in [-0.4, -0.2) is 26.4 Å². The molecule has 3 aromatic rings. The number of hydrogen-bond acceptors (Lipinski definition) is 5. The molecule has 3 rings (SSSR count). The average molecular weight is 491 g/mol. The van der Waals surface area contributed by atoms with Crippen molar-refractivity contribution in [2.75, 3.05) is 11.1 Å². The molecule has 0 aliphatic heterocycles. The summed E-state index contributed by atoms with van der Waals surface area (Å²) in [4.78, 5) is 12.3. The van der Waals surface area contributed by atoms with Crippen LogP contribution in [0.1, 0.15) is 35.5 Å². The number of nitrogens with one attached hydrogen (secondary N) is 1. The lowest BCUT2D eigenvalue weighted by Crippen LogP contribution is -2.16. The zero-order chi connectivity index (χ0) is 24.9. The first kappa shape index (κ1) is 25.4. The lowest BCUT2D eigenvalue weighted by molar-refractivity contribution is -0.137. The standard InChI is InChI=1S/C24H25F3N4O2S/c1-5-11-31-22(17(4)33-20-10-9-15(2)16(3)12-20)29-30-23(31)34-14-21(32)28-19-8-6-7-18(13-19)24(25,26)27/h5-10,12-13,17H,1,11,14H2,2-4H3,(H,28,32). The first-order valence-corrected chi connectivity index (χ1v) is 11.4. The summed E-state index contributed by atoms with van der Waals surface area (Å²) in [5.41, 5.74) is 1.52. The fourth-order valence-corrected chi connectivity index (χ4v) is 3.91. The van der Waals surface area contributed by atoms with Crippen LogP contribution in [-0.2, 0) is 17.5 Å². The number of carbonyl (C=O) groups is 1. The molecule has 0 fully saturated rings. The van der Waals surface area contributed by atoms with Gasteiger partial charge in [-0.2, -0.15) is 13.2 Å². The van der Waals surface area contributed by atoms with E-state index < -0.39 is 23.8 Å². The van der Waals surface area contributed by atoms with Gasteiger partial charge in [-0.3, -0.25) is 9.36 Å². The lowest BCUT2D eigenvalue weighted by atomic mass is 10.1. The minimum Gasteiger partial charge on any atom is -0.483 e. The van der Waals surface area contributed by atoms with Crippen LogP contribution in [0.3, 0.4) is 0 Å². The normalized spacial score (nSPS) is 12.3. The molecule has 1 unspecified atom stereocenters. The van der Waals surface area contributed by atoms with Crippen molar-refractivity contribution in [2.45, 2.75) is 44.8 Å². The summed E-state index contributed by atoms with van der Waals surface area (Å²) in [5.74, 6) is 0.758. The van der Waals surface area contributed by atoms with Gasteiger partial charge in [-0.15, -0.1) is 16.8 Å². The summed E-state index contributed by atoms with van der Waals surface area (Å²) in [7, 11) is 0. The van der Waals surface area contributed by atoms with E-state index in [9.17, 15) is 18.0 Å². The van der Waals surface area contributed by atoms with Crippen molar-refractivity contribution in [3.63, 3.8) is 0 Å². The summed E-state index contributed by atoms with van der Waals surface area (Å²) in [6.45, 7) is 10.1. The lowest BCUT2D eigenvalue weighted by Gasteiger charge is -2.16. The highest BCUT2D eigenvalue weighted by atomic mass is 32.2. The number of ether oxygens (including phenoxy) is 1. The molecule has 0 saturated carbocycles. The molecule has 10 heteroatoms. The molecule has 0 radical (unpaired) electrons. The Kier molecular flexibility index (Phi) is 8.03. The van der Waals surface area contributed by atoms with E-state index in [0.29, 0.717) is 23.3 Å². The van der Waals surface area contributed by atoms with Gasteiger partial charge in [0.05, 0.1) is 11.3 Å². The number of thioether (sulfide) groups is 1. The van der Waals surface area contributed by atoms with Gasteiger partial charge in [-0.25, -0.2) is 0 Å². The van der Waals surface area contributed by atoms with Crippen LogP contribution in [0.4, 0.5) is 18.9 Å². The van der Waals surface area contributed by atoms with E-state index in [-0.39, 0.29) is 11.4 Å². The summed E-state index contributed by atoms with van der Waals surface area (Å²) >= 11 is 1.12. The Bertz CT molecular complexity index is 1180. The van der Waals surface area contributed by atoms with Gasteiger partial charge < -0.3 is 10.1 Å². The molecule has 0 spiro atoms. The van der Waals surface area contributed by atoms with Crippen LogP contribution in [0.25, 0.3) is 0 Å². The molecular formula is C24H25F3N4O2S. The molecule has 2 aromatic carbocycles. The van der Waals surface area contributed by atoms with Crippen molar-refractivity contribution in [2.24, 2.45) is 0 Å². The Hall–Kier alpha value is -3.27. The topological polar surface area (TPSA) is 69.0 Å². The zero-order valence-electron chi connectivity index (χ0n) is 19.0.